The van der Waals surface area contributed by atoms with Crippen LogP contribution in [-0.4, -0.2) is 33.2 Å². The van der Waals surface area contributed by atoms with E-state index in [1.54, 1.807) is 0 Å². The quantitative estimate of drug-likeness (QED) is 0.687. The lowest BCUT2D eigenvalue weighted by molar-refractivity contribution is 0.153. The summed E-state index contributed by atoms with van der Waals surface area (Å²) in [7, 11) is -3.51. The third-order valence-corrected chi connectivity index (χ3v) is 3.26. The van der Waals surface area contributed by atoms with Crippen LogP contribution in [-0.2, 0) is 14.8 Å². The normalized spacial score (nSPS) is 11.6. The van der Waals surface area contributed by atoms with E-state index in [1.165, 1.54) is 18.3 Å². The Kier molecular flexibility index (Phi) is 4.66. The van der Waals surface area contributed by atoms with Gasteiger partial charge in [0, 0.05) is 25.4 Å². The first-order chi connectivity index (χ1) is 7.56. The molecule has 0 amide bonds. The fourth-order valence-electron chi connectivity index (χ4n) is 1.07. The van der Waals surface area contributed by atoms with Crippen LogP contribution >= 0.6 is 0 Å². The molecule has 0 fully saturated rings. The highest BCUT2D eigenvalue weighted by atomic mass is 32.2. The summed E-state index contributed by atoms with van der Waals surface area (Å²) in [5.41, 5.74) is 5.40. The lowest BCUT2D eigenvalue weighted by Crippen LogP contribution is -2.27. The molecular weight excluding hydrogens is 230 g/mol. The highest BCUT2D eigenvalue weighted by molar-refractivity contribution is 7.89. The van der Waals surface area contributed by atoms with Gasteiger partial charge in [0.1, 0.15) is 5.82 Å². The van der Waals surface area contributed by atoms with E-state index in [0.29, 0.717) is 13.2 Å². The van der Waals surface area contributed by atoms with Crippen molar-refractivity contribution in [3.63, 3.8) is 0 Å². The first-order valence-electron chi connectivity index (χ1n) is 4.85. The fraction of sp³-hybridized carbons (Fsp3) is 0.444. The van der Waals surface area contributed by atoms with Gasteiger partial charge in [-0.2, -0.15) is 0 Å². The lowest BCUT2D eigenvalue weighted by atomic mass is 10.5. The van der Waals surface area contributed by atoms with E-state index >= 15 is 0 Å². The van der Waals surface area contributed by atoms with Crippen molar-refractivity contribution in [2.45, 2.75) is 11.8 Å². The second kappa shape index (κ2) is 5.78. The summed E-state index contributed by atoms with van der Waals surface area (Å²) in [5, 5.41) is 0. The molecule has 0 unspecified atom stereocenters. The van der Waals surface area contributed by atoms with Gasteiger partial charge < -0.3 is 10.5 Å². The Balaban J connectivity index is 2.64. The number of nitrogen functional groups attached to an aromatic ring is 1. The van der Waals surface area contributed by atoms with Crippen LogP contribution in [0, 0.1) is 0 Å². The molecule has 1 rings (SSSR count). The number of ether oxygens (including phenoxy) is 1. The Labute approximate surface area is 94.9 Å². The van der Waals surface area contributed by atoms with E-state index in [-0.39, 0.29) is 17.3 Å². The summed E-state index contributed by atoms with van der Waals surface area (Å²) in [5.74, 6) is 0.174. The standard InChI is InChI=1S/C9H15N3O3S/c1-2-15-6-5-12-16(13,14)8-3-4-11-9(10)7-8/h3-4,7,12H,2,5-6H2,1H3,(H2,10,11). The number of anilines is 1. The maximum atomic E-state index is 11.7. The number of nitrogens with one attached hydrogen (secondary N) is 1. The predicted molar refractivity (Wildman–Crippen MR) is 60.3 cm³/mol. The number of rotatable bonds is 6. The topological polar surface area (TPSA) is 94.3 Å². The van der Waals surface area contributed by atoms with Crippen molar-refractivity contribution < 1.29 is 13.2 Å². The number of pyridine rings is 1. The average molecular weight is 245 g/mol. The van der Waals surface area contributed by atoms with Crippen LogP contribution in [0.4, 0.5) is 5.82 Å². The Morgan fingerprint density at radius 2 is 2.31 bits per heavy atom. The molecule has 0 bridgehead atoms. The monoisotopic (exact) mass is 245 g/mol. The van der Waals surface area contributed by atoms with Gasteiger partial charge in [0.05, 0.1) is 11.5 Å². The molecule has 3 N–H and O–H groups in total. The second-order valence-electron chi connectivity index (χ2n) is 3.01. The number of sulfonamides is 1. The molecule has 0 atom stereocenters. The van der Waals surface area contributed by atoms with Crippen LogP contribution in [0.25, 0.3) is 0 Å². The van der Waals surface area contributed by atoms with E-state index in [9.17, 15) is 8.42 Å². The van der Waals surface area contributed by atoms with Gasteiger partial charge in [-0.15, -0.1) is 0 Å². The van der Waals surface area contributed by atoms with E-state index in [1.807, 2.05) is 6.92 Å². The van der Waals surface area contributed by atoms with Gasteiger partial charge in [-0.3, -0.25) is 0 Å². The average Bonchev–Trinajstić information content (AvgIpc) is 2.24. The minimum absolute atomic E-state index is 0.108. The minimum atomic E-state index is -3.51. The smallest absolute Gasteiger partial charge is 0.240 e. The van der Waals surface area contributed by atoms with Gasteiger partial charge in [0.2, 0.25) is 10.0 Å². The molecule has 0 aliphatic carbocycles. The first kappa shape index (κ1) is 12.9. The van der Waals surface area contributed by atoms with Crippen molar-refractivity contribution in [1.29, 1.82) is 0 Å². The van der Waals surface area contributed by atoms with Crippen molar-refractivity contribution in [3.05, 3.63) is 18.3 Å². The summed E-state index contributed by atoms with van der Waals surface area (Å²) < 4.78 is 30.8. The third kappa shape index (κ3) is 3.76. The van der Waals surface area contributed by atoms with E-state index in [2.05, 4.69) is 9.71 Å². The maximum absolute atomic E-state index is 11.7. The molecule has 0 aliphatic heterocycles. The Morgan fingerprint density at radius 1 is 1.56 bits per heavy atom. The van der Waals surface area contributed by atoms with Crippen molar-refractivity contribution in [2.75, 3.05) is 25.5 Å². The van der Waals surface area contributed by atoms with Crippen molar-refractivity contribution >= 4 is 15.8 Å². The van der Waals surface area contributed by atoms with Crippen LogP contribution in [0.2, 0.25) is 0 Å². The molecule has 0 saturated carbocycles. The van der Waals surface area contributed by atoms with Gasteiger partial charge in [-0.05, 0) is 13.0 Å². The van der Waals surface area contributed by atoms with Crippen LogP contribution in [0.5, 0.6) is 0 Å². The predicted octanol–water partition coefficient (Wildman–Crippen LogP) is -0.0214. The van der Waals surface area contributed by atoms with Gasteiger partial charge >= 0.3 is 0 Å². The fourth-order valence-corrected chi connectivity index (χ4v) is 2.11. The summed E-state index contributed by atoms with van der Waals surface area (Å²) in [6.45, 7) is 2.98. The molecule has 0 aliphatic rings. The summed E-state index contributed by atoms with van der Waals surface area (Å²) in [6, 6.07) is 2.70. The zero-order chi connectivity index (χ0) is 12.0. The zero-order valence-corrected chi connectivity index (χ0v) is 9.83. The van der Waals surface area contributed by atoms with Gasteiger partial charge in [0.15, 0.2) is 0 Å². The van der Waals surface area contributed by atoms with E-state index in [0.717, 1.165) is 0 Å². The largest absolute Gasteiger partial charge is 0.384 e. The second-order valence-corrected chi connectivity index (χ2v) is 4.78. The number of nitrogens with two attached hydrogens (primary N) is 1. The molecule has 1 heterocycles. The van der Waals surface area contributed by atoms with Crippen LogP contribution in [0.1, 0.15) is 6.92 Å². The molecule has 1 aromatic heterocycles. The minimum Gasteiger partial charge on any atom is -0.384 e. The number of hydrogen-bond donors (Lipinski definition) is 2. The number of hydrogen-bond acceptors (Lipinski definition) is 5. The van der Waals surface area contributed by atoms with Gasteiger partial charge in [-0.25, -0.2) is 18.1 Å². The SMILES string of the molecule is CCOCCNS(=O)(=O)c1ccnc(N)c1. The molecule has 90 valence electrons. The molecular formula is C9H15N3O3S. The van der Waals surface area contributed by atoms with Crippen molar-refractivity contribution in [2.24, 2.45) is 0 Å². The van der Waals surface area contributed by atoms with Crippen LogP contribution in [0.15, 0.2) is 23.2 Å². The molecule has 1 aromatic rings. The zero-order valence-electron chi connectivity index (χ0n) is 9.01. The third-order valence-electron chi connectivity index (χ3n) is 1.81. The Bertz CT molecular complexity index is 433. The highest BCUT2D eigenvalue weighted by Crippen LogP contribution is 2.09. The van der Waals surface area contributed by atoms with E-state index in [4.69, 9.17) is 10.5 Å². The molecule has 16 heavy (non-hydrogen) atoms. The number of aromatic nitrogens is 1. The summed E-state index contributed by atoms with van der Waals surface area (Å²) in [4.78, 5) is 3.83. The van der Waals surface area contributed by atoms with Crippen molar-refractivity contribution in [1.82, 2.24) is 9.71 Å². The van der Waals surface area contributed by atoms with Gasteiger partial charge in [0.25, 0.3) is 0 Å². The molecule has 0 saturated heterocycles. The molecule has 0 radical (unpaired) electrons. The Hall–Kier alpha value is -1.18. The highest BCUT2D eigenvalue weighted by Gasteiger charge is 2.13. The van der Waals surface area contributed by atoms with Crippen LogP contribution in [0.3, 0.4) is 0 Å². The molecule has 7 heteroatoms. The van der Waals surface area contributed by atoms with Gasteiger partial charge in [-0.1, -0.05) is 0 Å². The lowest BCUT2D eigenvalue weighted by Gasteiger charge is -2.06. The first-order valence-corrected chi connectivity index (χ1v) is 6.33. The molecule has 6 nitrogen and oxygen atoms in total. The van der Waals surface area contributed by atoms with E-state index < -0.39 is 10.0 Å². The Morgan fingerprint density at radius 3 is 2.94 bits per heavy atom. The molecule has 0 aromatic carbocycles. The molecule has 0 spiro atoms. The van der Waals surface area contributed by atoms with Crippen LogP contribution < -0.4 is 10.5 Å². The van der Waals surface area contributed by atoms with Crippen molar-refractivity contribution in [3.8, 4) is 0 Å². The summed E-state index contributed by atoms with van der Waals surface area (Å²) in [6.07, 6.45) is 1.35. The maximum Gasteiger partial charge on any atom is 0.240 e. The summed E-state index contributed by atoms with van der Waals surface area (Å²) >= 11 is 0. The number of nitrogens with zero attached hydrogens (tertiary/aromatic N) is 1.